The van der Waals surface area contributed by atoms with Gasteiger partial charge in [0.2, 0.25) is 0 Å². The fourth-order valence-corrected chi connectivity index (χ4v) is 0.312. The maximum atomic E-state index is 9.99. The van der Waals surface area contributed by atoms with Crippen molar-refractivity contribution in [2.24, 2.45) is 0 Å². The quantitative estimate of drug-likeness (QED) is 0.479. The SMILES string of the molecule is [CH]C(=O)CN(C)C. The van der Waals surface area contributed by atoms with Crippen LogP contribution in [0.4, 0.5) is 0 Å². The average molecular weight is 99.1 g/mol. The number of carbonyl (C=O) groups excluding carboxylic acids is 1. The molecule has 0 heterocycles. The summed E-state index contributed by atoms with van der Waals surface area (Å²) < 4.78 is 0. The molecular formula is C5H9NO. The first kappa shape index (κ1) is 6.63. The van der Waals surface area contributed by atoms with E-state index in [1.807, 2.05) is 0 Å². The third kappa shape index (κ3) is 5.63. The lowest BCUT2D eigenvalue weighted by Gasteiger charge is -2.02. The summed E-state index contributed by atoms with van der Waals surface area (Å²) in [6, 6.07) is 0. The molecule has 40 valence electrons. The van der Waals surface area contributed by atoms with Gasteiger partial charge in [0.15, 0.2) is 5.78 Å². The highest BCUT2D eigenvalue weighted by Crippen LogP contribution is 1.72. The molecular weight excluding hydrogens is 90.1 g/mol. The molecule has 0 spiro atoms. The van der Waals surface area contributed by atoms with Crippen LogP contribution < -0.4 is 0 Å². The van der Waals surface area contributed by atoms with Crippen LogP contribution in [0.25, 0.3) is 0 Å². The van der Waals surface area contributed by atoms with Gasteiger partial charge in [0.1, 0.15) is 0 Å². The van der Waals surface area contributed by atoms with Gasteiger partial charge in [0.05, 0.1) is 6.54 Å². The lowest BCUT2D eigenvalue weighted by atomic mass is 10.4. The minimum absolute atomic E-state index is 0.287. The van der Waals surface area contributed by atoms with Gasteiger partial charge in [-0.05, 0) is 14.1 Å². The van der Waals surface area contributed by atoms with E-state index in [1.54, 1.807) is 19.0 Å². The molecule has 0 aromatic rings. The Morgan fingerprint density at radius 3 is 2.14 bits per heavy atom. The first-order valence-electron chi connectivity index (χ1n) is 2.06. The van der Waals surface area contributed by atoms with Gasteiger partial charge >= 0.3 is 0 Å². The van der Waals surface area contributed by atoms with E-state index in [-0.39, 0.29) is 5.78 Å². The molecule has 0 aromatic heterocycles. The van der Waals surface area contributed by atoms with Crippen LogP contribution in [-0.4, -0.2) is 31.3 Å². The van der Waals surface area contributed by atoms with Crippen molar-refractivity contribution in [3.63, 3.8) is 0 Å². The zero-order valence-electron chi connectivity index (χ0n) is 4.64. The minimum atomic E-state index is -0.287. The maximum Gasteiger partial charge on any atom is 0.151 e. The Morgan fingerprint density at radius 1 is 1.71 bits per heavy atom. The van der Waals surface area contributed by atoms with Crippen molar-refractivity contribution < 1.29 is 4.79 Å². The Labute approximate surface area is 44.1 Å². The summed E-state index contributed by atoms with van der Waals surface area (Å²) in [7, 11) is 3.59. The largest absolute Gasteiger partial charge is 0.302 e. The number of carbonyl (C=O) groups is 1. The fraction of sp³-hybridized carbons (Fsp3) is 0.600. The van der Waals surface area contributed by atoms with Crippen LogP contribution in [0.2, 0.25) is 0 Å². The normalized spacial score (nSPS) is 9.71. The fourth-order valence-electron chi connectivity index (χ4n) is 0.312. The minimum Gasteiger partial charge on any atom is -0.302 e. The van der Waals surface area contributed by atoms with Gasteiger partial charge in [0.25, 0.3) is 0 Å². The van der Waals surface area contributed by atoms with Crippen LogP contribution in [0.3, 0.4) is 0 Å². The van der Waals surface area contributed by atoms with Crippen LogP contribution in [-0.2, 0) is 4.79 Å². The summed E-state index contributed by atoms with van der Waals surface area (Å²) in [6.07, 6.45) is 0. The van der Waals surface area contributed by atoms with Crippen molar-refractivity contribution in [1.82, 2.24) is 4.90 Å². The lowest BCUT2D eigenvalue weighted by molar-refractivity contribution is -0.115. The van der Waals surface area contributed by atoms with Crippen molar-refractivity contribution in [1.29, 1.82) is 0 Å². The van der Waals surface area contributed by atoms with E-state index < -0.39 is 0 Å². The number of rotatable bonds is 2. The predicted molar refractivity (Wildman–Crippen MR) is 27.9 cm³/mol. The molecule has 0 bridgehead atoms. The molecule has 0 unspecified atom stereocenters. The van der Waals surface area contributed by atoms with Crippen LogP contribution in [0.15, 0.2) is 0 Å². The molecule has 0 atom stereocenters. The summed E-state index contributed by atoms with van der Waals surface area (Å²) in [4.78, 5) is 11.7. The molecule has 0 aliphatic rings. The highest BCUT2D eigenvalue weighted by molar-refractivity contribution is 5.84. The molecule has 2 radical (unpaired) electrons. The molecule has 0 aliphatic carbocycles. The number of nitrogens with zero attached hydrogens (tertiary/aromatic N) is 1. The third-order valence-corrected chi connectivity index (χ3v) is 0.472. The van der Waals surface area contributed by atoms with E-state index in [2.05, 4.69) is 0 Å². The molecule has 0 N–H and O–H groups in total. The zero-order chi connectivity index (χ0) is 5.86. The third-order valence-electron chi connectivity index (χ3n) is 0.472. The van der Waals surface area contributed by atoms with Crippen molar-refractivity contribution in [3.8, 4) is 0 Å². The number of likely N-dealkylation sites (N-methyl/N-ethyl adjacent to an activating group) is 1. The highest BCUT2D eigenvalue weighted by atomic mass is 16.1. The lowest BCUT2D eigenvalue weighted by Crippen LogP contribution is -2.19. The number of Topliss-reactive ketones (excluding diaryl/α,β-unsaturated/α-hetero) is 1. The highest BCUT2D eigenvalue weighted by Gasteiger charge is 1.91. The molecule has 2 nitrogen and oxygen atoms in total. The van der Waals surface area contributed by atoms with Crippen molar-refractivity contribution in [3.05, 3.63) is 6.92 Å². The van der Waals surface area contributed by atoms with Crippen LogP contribution in [0.1, 0.15) is 0 Å². The van der Waals surface area contributed by atoms with Gasteiger partial charge in [-0.1, -0.05) is 0 Å². The molecule has 7 heavy (non-hydrogen) atoms. The Hall–Kier alpha value is -0.370. The zero-order valence-corrected chi connectivity index (χ0v) is 4.64. The summed E-state index contributed by atoms with van der Waals surface area (Å²) >= 11 is 0. The van der Waals surface area contributed by atoms with E-state index in [0.29, 0.717) is 6.54 Å². The van der Waals surface area contributed by atoms with E-state index in [0.717, 1.165) is 0 Å². The second-order valence-corrected chi connectivity index (χ2v) is 1.70. The van der Waals surface area contributed by atoms with Gasteiger partial charge in [0, 0.05) is 6.92 Å². The predicted octanol–water partition coefficient (Wildman–Crippen LogP) is -0.172. The topological polar surface area (TPSA) is 20.3 Å². The van der Waals surface area contributed by atoms with Gasteiger partial charge < -0.3 is 4.90 Å². The van der Waals surface area contributed by atoms with E-state index in [9.17, 15) is 4.79 Å². The van der Waals surface area contributed by atoms with E-state index in [4.69, 9.17) is 6.92 Å². The molecule has 0 amide bonds. The smallest absolute Gasteiger partial charge is 0.151 e. The van der Waals surface area contributed by atoms with Crippen LogP contribution >= 0.6 is 0 Å². The molecule has 0 aromatic carbocycles. The van der Waals surface area contributed by atoms with Crippen LogP contribution in [0, 0.1) is 6.92 Å². The van der Waals surface area contributed by atoms with Gasteiger partial charge in [-0.3, -0.25) is 4.79 Å². The van der Waals surface area contributed by atoms with Gasteiger partial charge in [-0.2, -0.15) is 0 Å². The second kappa shape index (κ2) is 2.75. The Morgan fingerprint density at radius 2 is 2.14 bits per heavy atom. The van der Waals surface area contributed by atoms with Crippen LogP contribution in [0.5, 0.6) is 0 Å². The second-order valence-electron chi connectivity index (χ2n) is 1.70. The molecule has 0 fully saturated rings. The molecule has 2 heteroatoms. The standard InChI is InChI=1S/C5H9NO/c1-5(7)4-6(2)3/h1H,4H2,2-3H3. The Balaban J connectivity index is 3.13. The van der Waals surface area contributed by atoms with Gasteiger partial charge in [-0.15, -0.1) is 0 Å². The average Bonchev–Trinajstić information content (AvgIpc) is 1.27. The molecule has 0 saturated carbocycles. The first-order chi connectivity index (χ1) is 3.13. The maximum absolute atomic E-state index is 9.99. The van der Waals surface area contributed by atoms with E-state index >= 15 is 0 Å². The molecule has 0 aliphatic heterocycles. The Kier molecular flexibility index (Phi) is 2.60. The molecule has 0 rings (SSSR count). The number of hydrogen-bond donors (Lipinski definition) is 0. The van der Waals surface area contributed by atoms with E-state index in [1.165, 1.54) is 0 Å². The first-order valence-corrected chi connectivity index (χ1v) is 2.06. The monoisotopic (exact) mass is 99.1 g/mol. The molecule has 0 saturated heterocycles. The van der Waals surface area contributed by atoms with Crippen molar-refractivity contribution >= 4 is 5.78 Å². The van der Waals surface area contributed by atoms with Gasteiger partial charge in [-0.25, -0.2) is 0 Å². The number of ketones is 1. The summed E-state index contributed by atoms with van der Waals surface area (Å²) in [5, 5.41) is 0. The van der Waals surface area contributed by atoms with Crippen molar-refractivity contribution in [2.45, 2.75) is 0 Å². The summed E-state index contributed by atoms with van der Waals surface area (Å²) in [5.41, 5.74) is 0. The summed E-state index contributed by atoms with van der Waals surface area (Å²) in [5.74, 6) is -0.287. The van der Waals surface area contributed by atoms with Crippen molar-refractivity contribution in [2.75, 3.05) is 20.6 Å². The number of hydrogen-bond acceptors (Lipinski definition) is 2. The Bertz CT molecular complexity index is 68.5. The summed E-state index contributed by atoms with van der Waals surface area (Å²) in [6.45, 7) is 5.15.